The van der Waals surface area contributed by atoms with Gasteiger partial charge in [0.1, 0.15) is 11.5 Å². The minimum absolute atomic E-state index is 0.117. The molecule has 0 saturated carbocycles. The second-order valence-corrected chi connectivity index (χ2v) is 8.62. The fourth-order valence-electron chi connectivity index (χ4n) is 4.40. The lowest BCUT2D eigenvalue weighted by Crippen LogP contribution is -2.35. The Morgan fingerprint density at radius 1 is 0.971 bits per heavy atom. The van der Waals surface area contributed by atoms with Crippen LogP contribution in [0.5, 0.6) is 11.5 Å². The maximum absolute atomic E-state index is 13.4. The van der Waals surface area contributed by atoms with Crippen molar-refractivity contribution in [3.8, 4) is 11.5 Å². The van der Waals surface area contributed by atoms with Crippen LogP contribution in [0.3, 0.4) is 0 Å². The second kappa shape index (κ2) is 10.6. The summed E-state index contributed by atoms with van der Waals surface area (Å²) in [6, 6.07) is 22.2. The topological polar surface area (TPSA) is 67.9 Å². The second-order valence-electron chi connectivity index (χ2n) is 8.21. The molecule has 176 valence electrons. The van der Waals surface area contributed by atoms with Gasteiger partial charge in [-0.3, -0.25) is 9.59 Å². The Hall–Kier alpha value is -3.51. The highest BCUT2D eigenvalue weighted by Gasteiger charge is 2.42. The first-order valence-corrected chi connectivity index (χ1v) is 11.5. The molecule has 0 radical (unpaired) electrons. The maximum atomic E-state index is 13.4. The van der Waals surface area contributed by atoms with E-state index in [1.54, 1.807) is 43.4 Å². The summed E-state index contributed by atoms with van der Waals surface area (Å²) in [5.74, 6) is 0.265. The summed E-state index contributed by atoms with van der Waals surface area (Å²) >= 11 is 6.29. The van der Waals surface area contributed by atoms with Crippen molar-refractivity contribution in [2.24, 2.45) is 5.92 Å². The van der Waals surface area contributed by atoms with Gasteiger partial charge in [0, 0.05) is 31.1 Å². The van der Waals surface area contributed by atoms with Gasteiger partial charge in [-0.1, -0.05) is 54.1 Å². The van der Waals surface area contributed by atoms with Gasteiger partial charge in [0.15, 0.2) is 0 Å². The van der Waals surface area contributed by atoms with Crippen LogP contribution in [0.2, 0.25) is 5.02 Å². The quantitative estimate of drug-likeness (QED) is 0.541. The highest BCUT2D eigenvalue weighted by Crippen LogP contribution is 2.40. The number of hydrogen-bond acceptors (Lipinski definition) is 4. The first kappa shape index (κ1) is 23.6. The third-order valence-corrected chi connectivity index (χ3v) is 6.52. The lowest BCUT2D eigenvalue weighted by molar-refractivity contribution is -0.125. The molecule has 4 rings (SSSR count). The molecule has 1 aliphatic heterocycles. The average molecular weight is 479 g/mol. The molecule has 0 spiro atoms. The van der Waals surface area contributed by atoms with Crippen LogP contribution >= 0.6 is 11.6 Å². The van der Waals surface area contributed by atoms with Crippen molar-refractivity contribution in [1.29, 1.82) is 0 Å². The largest absolute Gasteiger partial charge is 0.497 e. The van der Waals surface area contributed by atoms with Crippen LogP contribution in [0.4, 0.5) is 0 Å². The van der Waals surface area contributed by atoms with Gasteiger partial charge >= 0.3 is 0 Å². The Labute approximate surface area is 204 Å². The molecule has 1 saturated heterocycles. The molecule has 2 amide bonds. The Morgan fingerprint density at radius 3 is 2.41 bits per heavy atom. The van der Waals surface area contributed by atoms with Gasteiger partial charge in [0.05, 0.1) is 30.7 Å². The number of carbonyl (C=O) groups excluding carboxylic acids is 2. The molecule has 0 bridgehead atoms. The van der Waals surface area contributed by atoms with E-state index in [-0.39, 0.29) is 24.3 Å². The van der Waals surface area contributed by atoms with Gasteiger partial charge in [0.2, 0.25) is 5.91 Å². The van der Waals surface area contributed by atoms with Gasteiger partial charge in [-0.15, -0.1) is 0 Å². The molecule has 0 unspecified atom stereocenters. The number of methoxy groups -OCH3 is 2. The van der Waals surface area contributed by atoms with Crippen LogP contribution in [0, 0.1) is 5.92 Å². The smallest absolute Gasteiger partial charge is 0.255 e. The summed E-state index contributed by atoms with van der Waals surface area (Å²) in [6.07, 6.45) is 0. The molecule has 3 aromatic carbocycles. The van der Waals surface area contributed by atoms with Crippen molar-refractivity contribution in [2.45, 2.75) is 12.5 Å². The standard InChI is InChI=1S/C27H27ClN2O4/c1-33-19-12-13-25(34-2)21(14-19)22-16-30(27(32)20-10-6-7-11-24(20)28)17-23(22)26(31)29-15-18-8-4-3-5-9-18/h3-14,22-23H,15-17H2,1-2H3,(H,29,31)/t22-,23-/m1/s1. The summed E-state index contributed by atoms with van der Waals surface area (Å²) in [6.45, 7) is 1.04. The molecule has 1 aliphatic rings. The Bertz CT molecular complexity index is 1170. The van der Waals surface area contributed by atoms with Crippen molar-refractivity contribution in [1.82, 2.24) is 10.2 Å². The zero-order valence-electron chi connectivity index (χ0n) is 19.2. The van der Waals surface area contributed by atoms with Gasteiger partial charge in [0.25, 0.3) is 5.91 Å². The molecule has 1 N–H and O–H groups in total. The Kier molecular flexibility index (Phi) is 7.38. The average Bonchev–Trinajstić information content (AvgIpc) is 3.33. The highest BCUT2D eigenvalue weighted by atomic mass is 35.5. The highest BCUT2D eigenvalue weighted by molar-refractivity contribution is 6.33. The molecule has 1 heterocycles. The fourth-order valence-corrected chi connectivity index (χ4v) is 4.62. The van der Waals surface area contributed by atoms with Crippen LogP contribution in [-0.2, 0) is 11.3 Å². The lowest BCUT2D eigenvalue weighted by Gasteiger charge is -2.21. The number of halogens is 1. The summed E-state index contributed by atoms with van der Waals surface area (Å²) in [4.78, 5) is 28.4. The van der Waals surface area contributed by atoms with Crippen molar-refractivity contribution in [3.63, 3.8) is 0 Å². The zero-order valence-corrected chi connectivity index (χ0v) is 19.9. The van der Waals surface area contributed by atoms with Crippen LogP contribution in [-0.4, -0.2) is 44.0 Å². The van der Waals surface area contributed by atoms with Crippen molar-refractivity contribution in [2.75, 3.05) is 27.3 Å². The molecule has 34 heavy (non-hydrogen) atoms. The van der Waals surface area contributed by atoms with E-state index in [9.17, 15) is 9.59 Å². The monoisotopic (exact) mass is 478 g/mol. The van der Waals surface area contributed by atoms with Crippen LogP contribution in [0.1, 0.15) is 27.4 Å². The number of nitrogens with one attached hydrogen (secondary N) is 1. The molecule has 0 aliphatic carbocycles. The third-order valence-electron chi connectivity index (χ3n) is 6.19. The molecule has 3 aromatic rings. The lowest BCUT2D eigenvalue weighted by atomic mass is 9.87. The first-order chi connectivity index (χ1) is 16.5. The van der Waals surface area contributed by atoms with Crippen molar-refractivity contribution >= 4 is 23.4 Å². The molecule has 7 heteroatoms. The van der Waals surface area contributed by atoms with Gasteiger partial charge in [-0.25, -0.2) is 0 Å². The van der Waals surface area contributed by atoms with Crippen molar-refractivity contribution < 1.29 is 19.1 Å². The third kappa shape index (κ3) is 5.02. The summed E-state index contributed by atoms with van der Waals surface area (Å²) in [5, 5.41) is 3.43. The Balaban J connectivity index is 1.64. The van der Waals surface area contributed by atoms with Gasteiger partial charge < -0.3 is 19.7 Å². The predicted octanol–water partition coefficient (Wildman–Crippen LogP) is 4.53. The number of rotatable bonds is 7. The molecule has 0 aromatic heterocycles. The van der Waals surface area contributed by atoms with E-state index < -0.39 is 5.92 Å². The maximum Gasteiger partial charge on any atom is 0.255 e. The van der Waals surface area contributed by atoms with Crippen LogP contribution < -0.4 is 14.8 Å². The van der Waals surface area contributed by atoms with E-state index >= 15 is 0 Å². The molecular weight excluding hydrogens is 452 g/mol. The number of nitrogens with zero attached hydrogens (tertiary/aromatic N) is 1. The number of ether oxygens (including phenoxy) is 2. The number of amides is 2. The van der Waals surface area contributed by atoms with Gasteiger partial charge in [-0.2, -0.15) is 0 Å². The van der Waals surface area contributed by atoms with Crippen molar-refractivity contribution in [3.05, 3.63) is 94.5 Å². The van der Waals surface area contributed by atoms with Crippen LogP contribution in [0.25, 0.3) is 0 Å². The van der Waals surface area contributed by atoms with E-state index in [1.165, 1.54) is 0 Å². The summed E-state index contributed by atoms with van der Waals surface area (Å²) in [5.41, 5.74) is 2.26. The van der Waals surface area contributed by atoms with E-state index in [2.05, 4.69) is 5.32 Å². The summed E-state index contributed by atoms with van der Waals surface area (Å²) < 4.78 is 11.0. The van der Waals surface area contributed by atoms with Crippen LogP contribution in [0.15, 0.2) is 72.8 Å². The Morgan fingerprint density at radius 2 is 1.71 bits per heavy atom. The van der Waals surface area contributed by atoms with E-state index in [0.29, 0.717) is 35.2 Å². The zero-order chi connectivity index (χ0) is 24.1. The van der Waals surface area contributed by atoms with E-state index in [1.807, 2.05) is 48.5 Å². The molecule has 6 nitrogen and oxygen atoms in total. The van der Waals surface area contributed by atoms with E-state index in [4.69, 9.17) is 21.1 Å². The molecule has 1 fully saturated rings. The number of likely N-dealkylation sites (tertiary alicyclic amines) is 1. The molecular formula is C27H27ClN2O4. The number of benzene rings is 3. The first-order valence-electron chi connectivity index (χ1n) is 11.1. The number of carbonyl (C=O) groups is 2. The minimum Gasteiger partial charge on any atom is -0.497 e. The normalized spacial score (nSPS) is 17.3. The molecule has 2 atom stereocenters. The SMILES string of the molecule is COc1ccc(OC)c([C@H]2CN(C(=O)c3ccccc3Cl)C[C@H]2C(=O)NCc2ccccc2)c1. The minimum atomic E-state index is -0.462. The number of hydrogen-bond donors (Lipinski definition) is 1. The van der Waals surface area contributed by atoms with E-state index in [0.717, 1.165) is 11.1 Å². The fraction of sp³-hybridized carbons (Fsp3) is 0.259. The summed E-state index contributed by atoms with van der Waals surface area (Å²) in [7, 11) is 3.19. The predicted molar refractivity (Wildman–Crippen MR) is 131 cm³/mol. The van der Waals surface area contributed by atoms with Gasteiger partial charge in [-0.05, 0) is 35.9 Å².